The Morgan fingerprint density at radius 2 is 1.95 bits per heavy atom. The van der Waals surface area contributed by atoms with Crippen molar-refractivity contribution in [3.05, 3.63) is 29.6 Å². The zero-order valence-electron chi connectivity index (χ0n) is 12.9. The maximum atomic E-state index is 14.0. The zero-order valence-corrected chi connectivity index (χ0v) is 12.9. The van der Waals surface area contributed by atoms with Crippen molar-refractivity contribution in [3.8, 4) is 0 Å². The minimum absolute atomic E-state index is 0.0798. The molecule has 21 heavy (non-hydrogen) atoms. The second-order valence-corrected chi connectivity index (χ2v) is 5.32. The molecule has 1 heterocycles. The first-order valence-electron chi connectivity index (χ1n) is 7.71. The van der Waals surface area contributed by atoms with Gasteiger partial charge in [0.25, 0.3) is 5.91 Å². The second-order valence-electron chi connectivity index (χ2n) is 5.32. The van der Waals surface area contributed by atoms with Gasteiger partial charge in [-0.1, -0.05) is 19.9 Å². The van der Waals surface area contributed by atoms with Gasteiger partial charge < -0.3 is 15.1 Å². The Bertz CT molecular complexity index is 484. The molecule has 1 saturated heterocycles. The van der Waals surface area contributed by atoms with Gasteiger partial charge in [-0.2, -0.15) is 0 Å². The Morgan fingerprint density at radius 3 is 2.57 bits per heavy atom. The summed E-state index contributed by atoms with van der Waals surface area (Å²) in [6.07, 6.45) is 0.886. The number of piperazine rings is 1. The third kappa shape index (κ3) is 3.73. The number of anilines is 1. The van der Waals surface area contributed by atoms with Gasteiger partial charge in [0.2, 0.25) is 0 Å². The number of nitrogens with zero attached hydrogens (tertiary/aromatic N) is 2. The minimum atomic E-state index is -0.360. The number of hydrogen-bond acceptors (Lipinski definition) is 3. The lowest BCUT2D eigenvalue weighted by molar-refractivity contribution is 0.0644. The van der Waals surface area contributed by atoms with Crippen LogP contribution in [0, 0.1) is 5.82 Å². The third-order valence-corrected chi connectivity index (χ3v) is 3.90. The van der Waals surface area contributed by atoms with Gasteiger partial charge in [0.15, 0.2) is 0 Å². The maximum Gasteiger partial charge on any atom is 0.256 e. The molecule has 1 aromatic rings. The molecule has 0 saturated carbocycles. The van der Waals surface area contributed by atoms with Gasteiger partial charge in [-0.15, -0.1) is 0 Å². The van der Waals surface area contributed by atoms with Crippen LogP contribution in [-0.2, 0) is 0 Å². The van der Waals surface area contributed by atoms with Crippen LogP contribution in [0.1, 0.15) is 30.6 Å². The first-order valence-corrected chi connectivity index (χ1v) is 7.71. The van der Waals surface area contributed by atoms with E-state index in [2.05, 4.69) is 17.1 Å². The van der Waals surface area contributed by atoms with Crippen molar-refractivity contribution < 1.29 is 9.18 Å². The smallest absolute Gasteiger partial charge is 0.256 e. The summed E-state index contributed by atoms with van der Waals surface area (Å²) in [5.41, 5.74) is 0.774. The molecule has 0 unspecified atom stereocenters. The molecular formula is C16H24FN3O. The van der Waals surface area contributed by atoms with Crippen LogP contribution in [0.2, 0.25) is 0 Å². The van der Waals surface area contributed by atoms with Gasteiger partial charge in [0.1, 0.15) is 5.82 Å². The fraction of sp³-hybridized carbons (Fsp3) is 0.562. The standard InChI is InChI=1S/C16H24FN3O/c1-3-8-18-15-13(6-5-7-14(15)17)16(21)20-11-9-19(4-2)10-12-20/h5-7,18H,3-4,8-12H2,1-2H3. The molecule has 2 rings (SSSR count). The molecule has 0 atom stereocenters. The molecule has 1 fully saturated rings. The molecule has 1 amide bonds. The number of nitrogens with one attached hydrogen (secondary N) is 1. The normalized spacial score (nSPS) is 16.0. The van der Waals surface area contributed by atoms with E-state index in [4.69, 9.17) is 0 Å². The molecule has 1 N–H and O–H groups in total. The summed E-state index contributed by atoms with van der Waals surface area (Å²) in [6, 6.07) is 4.70. The van der Waals surface area contributed by atoms with Crippen LogP contribution in [0.4, 0.5) is 10.1 Å². The molecule has 0 radical (unpaired) electrons. The Morgan fingerprint density at radius 1 is 1.24 bits per heavy atom. The summed E-state index contributed by atoms with van der Waals surface area (Å²) in [5, 5.41) is 3.04. The molecule has 1 aliphatic heterocycles. The highest BCUT2D eigenvalue weighted by atomic mass is 19.1. The molecule has 116 valence electrons. The summed E-state index contributed by atoms with van der Waals surface area (Å²) in [6.45, 7) is 8.98. The van der Waals surface area contributed by atoms with E-state index in [1.54, 1.807) is 12.1 Å². The predicted octanol–water partition coefficient (Wildman–Crippen LogP) is 2.43. The van der Waals surface area contributed by atoms with Crippen LogP contribution in [0.3, 0.4) is 0 Å². The topological polar surface area (TPSA) is 35.6 Å². The van der Waals surface area contributed by atoms with Gasteiger partial charge in [-0.3, -0.25) is 4.79 Å². The van der Waals surface area contributed by atoms with Gasteiger partial charge in [0.05, 0.1) is 11.3 Å². The molecule has 0 aliphatic carbocycles. The van der Waals surface area contributed by atoms with Gasteiger partial charge in [-0.05, 0) is 25.1 Å². The summed E-state index contributed by atoms with van der Waals surface area (Å²) in [7, 11) is 0. The van der Waals surface area contributed by atoms with E-state index in [1.807, 2.05) is 11.8 Å². The van der Waals surface area contributed by atoms with E-state index in [-0.39, 0.29) is 11.7 Å². The van der Waals surface area contributed by atoms with Gasteiger partial charge in [0, 0.05) is 32.7 Å². The fourth-order valence-electron chi connectivity index (χ4n) is 2.57. The maximum absolute atomic E-state index is 14.0. The first kappa shape index (κ1) is 15.8. The number of para-hydroxylation sites is 1. The first-order chi connectivity index (χ1) is 10.2. The molecule has 0 aromatic heterocycles. The lowest BCUT2D eigenvalue weighted by Crippen LogP contribution is -2.48. The number of benzene rings is 1. The van der Waals surface area contributed by atoms with Crippen molar-refractivity contribution >= 4 is 11.6 Å². The lowest BCUT2D eigenvalue weighted by Gasteiger charge is -2.34. The van der Waals surface area contributed by atoms with Crippen LogP contribution >= 0.6 is 0 Å². The number of hydrogen-bond donors (Lipinski definition) is 1. The second kappa shape index (κ2) is 7.41. The number of carbonyl (C=O) groups is 1. The number of rotatable bonds is 5. The minimum Gasteiger partial charge on any atom is -0.382 e. The van der Waals surface area contributed by atoms with Gasteiger partial charge >= 0.3 is 0 Å². The zero-order chi connectivity index (χ0) is 15.2. The van der Waals surface area contributed by atoms with E-state index in [0.29, 0.717) is 30.9 Å². The Kier molecular flexibility index (Phi) is 5.56. The summed E-state index contributed by atoms with van der Waals surface area (Å²) in [4.78, 5) is 16.8. The fourth-order valence-corrected chi connectivity index (χ4v) is 2.57. The molecular weight excluding hydrogens is 269 g/mol. The highest BCUT2D eigenvalue weighted by Crippen LogP contribution is 2.22. The molecule has 5 heteroatoms. The molecule has 1 aliphatic rings. The molecule has 4 nitrogen and oxygen atoms in total. The predicted molar refractivity (Wildman–Crippen MR) is 83.2 cm³/mol. The third-order valence-electron chi connectivity index (χ3n) is 3.90. The molecule has 1 aromatic carbocycles. The van der Waals surface area contributed by atoms with Crippen molar-refractivity contribution in [1.82, 2.24) is 9.80 Å². The monoisotopic (exact) mass is 293 g/mol. The number of carbonyl (C=O) groups excluding carboxylic acids is 1. The van der Waals surface area contributed by atoms with Gasteiger partial charge in [-0.25, -0.2) is 4.39 Å². The Balaban J connectivity index is 2.13. The van der Waals surface area contributed by atoms with E-state index >= 15 is 0 Å². The average molecular weight is 293 g/mol. The number of halogens is 1. The Labute approximate surface area is 125 Å². The lowest BCUT2D eigenvalue weighted by atomic mass is 10.1. The van der Waals surface area contributed by atoms with Crippen LogP contribution in [0.15, 0.2) is 18.2 Å². The van der Waals surface area contributed by atoms with E-state index in [0.717, 1.165) is 26.1 Å². The summed E-state index contributed by atoms with van der Waals surface area (Å²) < 4.78 is 14.0. The van der Waals surface area contributed by atoms with Crippen molar-refractivity contribution in [2.45, 2.75) is 20.3 Å². The summed E-state index contributed by atoms with van der Waals surface area (Å²) in [5.74, 6) is -0.439. The van der Waals surface area contributed by atoms with Crippen molar-refractivity contribution in [2.24, 2.45) is 0 Å². The molecule has 0 spiro atoms. The summed E-state index contributed by atoms with van der Waals surface area (Å²) >= 11 is 0. The van der Waals surface area contributed by atoms with E-state index in [9.17, 15) is 9.18 Å². The van der Waals surface area contributed by atoms with E-state index < -0.39 is 0 Å². The van der Waals surface area contributed by atoms with Crippen LogP contribution in [0.25, 0.3) is 0 Å². The molecule has 0 bridgehead atoms. The Hall–Kier alpha value is -1.62. The number of likely N-dealkylation sites (N-methyl/N-ethyl adjacent to an activating group) is 1. The van der Waals surface area contributed by atoms with Crippen molar-refractivity contribution in [1.29, 1.82) is 0 Å². The average Bonchev–Trinajstić information content (AvgIpc) is 2.53. The number of amides is 1. The van der Waals surface area contributed by atoms with Crippen LogP contribution in [0.5, 0.6) is 0 Å². The largest absolute Gasteiger partial charge is 0.382 e. The van der Waals surface area contributed by atoms with Crippen molar-refractivity contribution in [2.75, 3.05) is 44.6 Å². The van der Waals surface area contributed by atoms with Crippen LogP contribution < -0.4 is 5.32 Å². The quantitative estimate of drug-likeness (QED) is 0.905. The van der Waals surface area contributed by atoms with Crippen LogP contribution in [-0.4, -0.2) is 55.0 Å². The highest BCUT2D eigenvalue weighted by molar-refractivity contribution is 5.99. The SMILES string of the molecule is CCCNc1c(F)cccc1C(=O)N1CCN(CC)CC1. The van der Waals surface area contributed by atoms with Crippen molar-refractivity contribution in [3.63, 3.8) is 0 Å². The highest BCUT2D eigenvalue weighted by Gasteiger charge is 2.24. The van der Waals surface area contributed by atoms with E-state index in [1.165, 1.54) is 6.07 Å².